The number of hydrogen-bond donors (Lipinski definition) is 0. The molecule has 7 heteroatoms. The van der Waals surface area contributed by atoms with E-state index in [1.807, 2.05) is 4.90 Å². The third-order valence-electron chi connectivity index (χ3n) is 8.55. The van der Waals surface area contributed by atoms with Crippen LogP contribution in [-0.4, -0.2) is 78.1 Å². The molecular weight excluding hydrogens is 414 g/mol. The lowest BCUT2D eigenvalue weighted by Gasteiger charge is -2.42. The van der Waals surface area contributed by atoms with Crippen molar-refractivity contribution in [3.8, 4) is 6.01 Å². The number of piperazine rings is 1. The van der Waals surface area contributed by atoms with Crippen LogP contribution in [0.5, 0.6) is 6.01 Å². The zero-order chi connectivity index (χ0) is 22.8. The van der Waals surface area contributed by atoms with Gasteiger partial charge in [-0.05, 0) is 70.0 Å². The average molecular weight is 454 g/mol. The summed E-state index contributed by atoms with van der Waals surface area (Å²) in [7, 11) is 2.18. The van der Waals surface area contributed by atoms with E-state index in [0.29, 0.717) is 37.2 Å². The molecule has 5 rings (SSSR count). The second kappa shape index (κ2) is 9.61. The van der Waals surface area contributed by atoms with Crippen molar-refractivity contribution in [1.29, 1.82) is 0 Å². The predicted octanol–water partition coefficient (Wildman–Crippen LogP) is 3.22. The van der Waals surface area contributed by atoms with E-state index in [0.717, 1.165) is 38.3 Å². The van der Waals surface area contributed by atoms with E-state index in [2.05, 4.69) is 23.4 Å². The highest BCUT2D eigenvalue weighted by atomic mass is 16.5. The van der Waals surface area contributed by atoms with Crippen molar-refractivity contribution in [3.05, 3.63) is 23.9 Å². The molecule has 4 aliphatic rings. The van der Waals surface area contributed by atoms with E-state index in [1.54, 1.807) is 0 Å². The van der Waals surface area contributed by atoms with Gasteiger partial charge in [0.05, 0.1) is 5.69 Å². The van der Waals surface area contributed by atoms with Crippen molar-refractivity contribution < 1.29 is 9.53 Å². The molecule has 2 saturated heterocycles. The molecule has 0 bridgehead atoms. The van der Waals surface area contributed by atoms with E-state index in [1.165, 1.54) is 68.7 Å². The molecule has 1 amide bonds. The van der Waals surface area contributed by atoms with Gasteiger partial charge >= 0.3 is 6.01 Å². The summed E-state index contributed by atoms with van der Waals surface area (Å²) in [6, 6.07) is 0.993. The summed E-state index contributed by atoms with van der Waals surface area (Å²) in [5.41, 5.74) is 2.96. The minimum absolute atomic E-state index is 0.0170. The lowest BCUT2D eigenvalue weighted by Crippen LogP contribution is -2.49. The minimum Gasteiger partial charge on any atom is -0.462 e. The quantitative estimate of drug-likeness (QED) is 0.638. The number of rotatable bonds is 5. The Balaban J connectivity index is 1.39. The number of aromatic nitrogens is 2. The first-order valence-electron chi connectivity index (χ1n) is 13.0. The number of likely N-dealkylation sites (tertiary alicyclic amines) is 1. The smallest absolute Gasteiger partial charge is 0.318 e. The van der Waals surface area contributed by atoms with E-state index in [4.69, 9.17) is 14.7 Å². The maximum absolute atomic E-state index is 12.0. The number of fused-ring (bicyclic) bond motifs is 1. The van der Waals surface area contributed by atoms with Gasteiger partial charge < -0.3 is 19.4 Å². The molecule has 2 aliphatic heterocycles. The highest BCUT2D eigenvalue weighted by Crippen LogP contribution is 2.47. The molecule has 1 aromatic heterocycles. The predicted molar refractivity (Wildman–Crippen MR) is 130 cm³/mol. The van der Waals surface area contributed by atoms with E-state index in [9.17, 15) is 4.79 Å². The molecule has 0 aromatic carbocycles. The fourth-order valence-electron chi connectivity index (χ4n) is 6.41. The second-order valence-electron chi connectivity index (χ2n) is 10.6. The molecule has 1 saturated carbocycles. The molecule has 7 nitrogen and oxygen atoms in total. The average Bonchev–Trinajstić information content (AvgIpc) is 3.26. The van der Waals surface area contributed by atoms with Gasteiger partial charge in [-0.3, -0.25) is 4.79 Å². The van der Waals surface area contributed by atoms with Crippen molar-refractivity contribution in [3.63, 3.8) is 0 Å². The molecule has 1 atom stereocenters. The standard InChI is InChI=1S/C26H39N5O2/c1-3-23(32)30-14-16-31(17-15-30)24-21-9-12-26(10-5-4-6-11-26)18-22(21)27-25(28-24)33-19-20-8-7-13-29(20)2/h3,20H,1,4-19H2,2H3. The number of likely N-dealkylation sites (N-methyl/N-ethyl adjacent to an activating group) is 1. The van der Waals surface area contributed by atoms with Crippen LogP contribution in [0.3, 0.4) is 0 Å². The first kappa shape index (κ1) is 22.6. The Hall–Kier alpha value is -2.15. The Morgan fingerprint density at radius 3 is 2.58 bits per heavy atom. The van der Waals surface area contributed by atoms with E-state index in [-0.39, 0.29) is 5.91 Å². The van der Waals surface area contributed by atoms with Crippen LogP contribution in [0.2, 0.25) is 0 Å². The maximum Gasteiger partial charge on any atom is 0.318 e. The summed E-state index contributed by atoms with van der Waals surface area (Å²) in [6.45, 7) is 8.42. The maximum atomic E-state index is 12.0. The third kappa shape index (κ3) is 4.75. The van der Waals surface area contributed by atoms with Crippen molar-refractivity contribution >= 4 is 11.7 Å². The zero-order valence-electron chi connectivity index (χ0n) is 20.2. The minimum atomic E-state index is 0.0170. The number of hydrogen-bond acceptors (Lipinski definition) is 6. The van der Waals surface area contributed by atoms with E-state index >= 15 is 0 Å². The van der Waals surface area contributed by atoms with Crippen LogP contribution in [0.4, 0.5) is 5.82 Å². The summed E-state index contributed by atoms with van der Waals surface area (Å²) < 4.78 is 6.24. The van der Waals surface area contributed by atoms with Crippen LogP contribution in [0.1, 0.15) is 62.6 Å². The number of nitrogens with zero attached hydrogens (tertiary/aromatic N) is 5. The third-order valence-corrected chi connectivity index (χ3v) is 8.55. The van der Waals surface area contributed by atoms with Crippen LogP contribution in [-0.2, 0) is 17.6 Å². The molecule has 180 valence electrons. The monoisotopic (exact) mass is 453 g/mol. The van der Waals surface area contributed by atoms with Crippen LogP contribution in [0.25, 0.3) is 0 Å². The van der Waals surface area contributed by atoms with Gasteiger partial charge in [0.15, 0.2) is 0 Å². The Morgan fingerprint density at radius 2 is 1.88 bits per heavy atom. The number of anilines is 1. The fraction of sp³-hybridized carbons (Fsp3) is 0.731. The summed E-state index contributed by atoms with van der Waals surface area (Å²) in [5, 5.41) is 0. The first-order chi connectivity index (χ1) is 16.1. The van der Waals surface area contributed by atoms with Gasteiger partial charge in [0.2, 0.25) is 5.91 Å². The van der Waals surface area contributed by atoms with E-state index < -0.39 is 0 Å². The topological polar surface area (TPSA) is 61.8 Å². The fourth-order valence-corrected chi connectivity index (χ4v) is 6.41. The number of carbonyl (C=O) groups is 1. The summed E-state index contributed by atoms with van der Waals surface area (Å²) in [5.74, 6) is 1.06. The molecule has 1 spiro atoms. The van der Waals surface area contributed by atoms with Crippen LogP contribution in [0.15, 0.2) is 12.7 Å². The molecule has 3 heterocycles. The van der Waals surface area contributed by atoms with Crippen LogP contribution in [0, 0.1) is 5.41 Å². The van der Waals surface area contributed by atoms with Gasteiger partial charge in [0.1, 0.15) is 12.4 Å². The largest absolute Gasteiger partial charge is 0.462 e. The Bertz CT molecular complexity index is 874. The molecule has 33 heavy (non-hydrogen) atoms. The molecule has 2 aliphatic carbocycles. The molecule has 3 fully saturated rings. The van der Waals surface area contributed by atoms with Gasteiger partial charge in [0, 0.05) is 37.8 Å². The van der Waals surface area contributed by atoms with Gasteiger partial charge in [-0.25, -0.2) is 0 Å². The molecule has 0 N–H and O–H groups in total. The SMILES string of the molecule is C=CC(=O)N1CCN(c2nc(OCC3CCCN3C)nc3c2CCC2(CCCCC2)C3)CC1. The van der Waals surface area contributed by atoms with Gasteiger partial charge in [-0.15, -0.1) is 0 Å². The van der Waals surface area contributed by atoms with Gasteiger partial charge in [0.25, 0.3) is 0 Å². The van der Waals surface area contributed by atoms with Crippen LogP contribution >= 0.6 is 0 Å². The molecule has 1 aromatic rings. The normalized spacial score (nSPS) is 25.2. The molecule has 0 radical (unpaired) electrons. The highest BCUT2D eigenvalue weighted by Gasteiger charge is 2.38. The lowest BCUT2D eigenvalue weighted by molar-refractivity contribution is -0.126. The summed E-state index contributed by atoms with van der Waals surface area (Å²) in [6.07, 6.45) is 13.9. The Labute approximate surface area is 198 Å². The number of amides is 1. The van der Waals surface area contributed by atoms with Crippen molar-refractivity contribution in [2.75, 3.05) is 51.3 Å². The molecule has 1 unspecified atom stereocenters. The summed E-state index contributed by atoms with van der Waals surface area (Å²) in [4.78, 5) is 28.6. The lowest BCUT2D eigenvalue weighted by atomic mass is 9.65. The van der Waals surface area contributed by atoms with Gasteiger partial charge in [-0.1, -0.05) is 25.8 Å². The summed E-state index contributed by atoms with van der Waals surface area (Å²) >= 11 is 0. The first-order valence-corrected chi connectivity index (χ1v) is 13.0. The van der Waals surface area contributed by atoms with Crippen molar-refractivity contribution in [1.82, 2.24) is 19.8 Å². The zero-order valence-corrected chi connectivity index (χ0v) is 20.2. The van der Waals surface area contributed by atoms with Gasteiger partial charge in [-0.2, -0.15) is 9.97 Å². The number of carbonyl (C=O) groups excluding carboxylic acids is 1. The number of ether oxygens (including phenoxy) is 1. The molecular formula is C26H39N5O2. The van der Waals surface area contributed by atoms with Crippen LogP contribution < -0.4 is 9.64 Å². The highest BCUT2D eigenvalue weighted by molar-refractivity contribution is 5.87. The van der Waals surface area contributed by atoms with Crippen molar-refractivity contribution in [2.24, 2.45) is 5.41 Å². The van der Waals surface area contributed by atoms with Crippen molar-refractivity contribution in [2.45, 2.75) is 70.3 Å². The Morgan fingerprint density at radius 1 is 1.09 bits per heavy atom. The Kier molecular flexibility index (Phi) is 6.59. The second-order valence-corrected chi connectivity index (χ2v) is 10.6.